The number of rotatable bonds is 4. The minimum absolute atomic E-state index is 0. The first-order chi connectivity index (χ1) is 9.67. The van der Waals surface area contributed by atoms with Crippen molar-refractivity contribution in [2.45, 2.75) is 39.2 Å². The average molecular weight is 407 g/mol. The summed E-state index contributed by atoms with van der Waals surface area (Å²) in [6.07, 6.45) is 4.56. The van der Waals surface area contributed by atoms with Crippen LogP contribution in [0.25, 0.3) is 0 Å². The van der Waals surface area contributed by atoms with Crippen LogP contribution < -0.4 is 10.5 Å². The van der Waals surface area contributed by atoms with Crippen molar-refractivity contribution < 1.29 is 4.74 Å². The van der Waals surface area contributed by atoms with E-state index >= 15 is 0 Å². The van der Waals surface area contributed by atoms with Crippen LogP contribution in [0.5, 0.6) is 5.88 Å². The quantitative estimate of drug-likeness (QED) is 0.471. The number of hydrogen-bond acceptors (Lipinski definition) is 3. The monoisotopic (exact) mass is 407 g/mol. The van der Waals surface area contributed by atoms with Gasteiger partial charge in [0, 0.05) is 20.1 Å². The molecule has 1 saturated heterocycles. The number of likely N-dealkylation sites (tertiary alicyclic amines) is 1. The van der Waals surface area contributed by atoms with Gasteiger partial charge < -0.3 is 15.4 Å². The third kappa shape index (κ3) is 4.24. The number of halogens is 1. The van der Waals surface area contributed by atoms with Gasteiger partial charge in [0.1, 0.15) is 0 Å². The lowest BCUT2D eigenvalue weighted by molar-refractivity contribution is 0.337. The second kappa shape index (κ2) is 8.45. The first kappa shape index (κ1) is 18.1. The van der Waals surface area contributed by atoms with Gasteiger partial charge in [-0.05, 0) is 25.7 Å². The molecule has 2 heterocycles. The summed E-state index contributed by atoms with van der Waals surface area (Å²) < 4.78 is 7.18. The highest BCUT2D eigenvalue weighted by Crippen LogP contribution is 2.23. The van der Waals surface area contributed by atoms with Gasteiger partial charge in [-0.3, -0.25) is 0 Å². The number of nitrogens with two attached hydrogens (primary N) is 1. The summed E-state index contributed by atoms with van der Waals surface area (Å²) >= 11 is 0. The van der Waals surface area contributed by atoms with Crippen molar-refractivity contribution in [2.24, 2.45) is 17.8 Å². The molecule has 0 atom stereocenters. The van der Waals surface area contributed by atoms with Crippen molar-refractivity contribution in [2.75, 3.05) is 20.2 Å². The van der Waals surface area contributed by atoms with Crippen molar-refractivity contribution in [1.82, 2.24) is 14.7 Å². The molecular weight excluding hydrogens is 381 g/mol. The summed E-state index contributed by atoms with van der Waals surface area (Å²) in [5, 5.41) is 4.46. The Balaban J connectivity index is 0.00000220. The van der Waals surface area contributed by atoms with Gasteiger partial charge >= 0.3 is 0 Å². The topological polar surface area (TPSA) is 68.7 Å². The highest BCUT2D eigenvalue weighted by Gasteiger charge is 2.16. The molecule has 0 amide bonds. The minimum Gasteiger partial charge on any atom is -0.481 e. The van der Waals surface area contributed by atoms with Crippen LogP contribution in [0.1, 0.15) is 37.4 Å². The number of nitrogens with zero attached hydrogens (tertiary/aromatic N) is 4. The van der Waals surface area contributed by atoms with E-state index in [9.17, 15) is 0 Å². The Morgan fingerprint density at radius 2 is 2.00 bits per heavy atom. The van der Waals surface area contributed by atoms with E-state index in [4.69, 9.17) is 10.5 Å². The highest BCUT2D eigenvalue weighted by molar-refractivity contribution is 14.0. The molecule has 1 aliphatic heterocycles. The van der Waals surface area contributed by atoms with Crippen LogP contribution in [0.15, 0.2) is 4.99 Å². The number of piperidine rings is 1. The molecule has 0 aromatic carbocycles. The van der Waals surface area contributed by atoms with Gasteiger partial charge in [-0.2, -0.15) is 5.10 Å². The summed E-state index contributed by atoms with van der Waals surface area (Å²) in [7, 11) is 3.55. The third-order valence-corrected chi connectivity index (χ3v) is 3.78. The van der Waals surface area contributed by atoms with E-state index in [1.54, 1.807) is 11.8 Å². The molecule has 1 fully saturated rings. The Labute approximate surface area is 143 Å². The lowest BCUT2D eigenvalue weighted by Gasteiger charge is -2.27. The van der Waals surface area contributed by atoms with Crippen LogP contribution in [0.3, 0.4) is 0 Å². The van der Waals surface area contributed by atoms with Crippen molar-refractivity contribution in [3.63, 3.8) is 0 Å². The Morgan fingerprint density at radius 3 is 2.57 bits per heavy atom. The van der Waals surface area contributed by atoms with E-state index in [1.807, 2.05) is 7.05 Å². The standard InChI is InChI=1S/C14H25N5O.HI/c1-4-12-11(13(20-3)18(2)17-12)10-16-14(15)19-8-6-5-7-9-19;/h4-10H2,1-3H3,(H2,15,16);1H. The zero-order valence-corrected chi connectivity index (χ0v) is 15.5. The maximum Gasteiger partial charge on any atom is 0.216 e. The Kier molecular flexibility index (Phi) is 7.27. The van der Waals surface area contributed by atoms with E-state index in [1.165, 1.54) is 19.3 Å². The molecule has 0 spiro atoms. The molecule has 2 rings (SSSR count). The molecule has 120 valence electrons. The van der Waals surface area contributed by atoms with Crippen LogP contribution in [0.4, 0.5) is 0 Å². The highest BCUT2D eigenvalue weighted by atomic mass is 127. The Bertz CT molecular complexity index is 480. The summed E-state index contributed by atoms with van der Waals surface area (Å²) in [6.45, 7) is 4.64. The third-order valence-electron chi connectivity index (χ3n) is 3.78. The van der Waals surface area contributed by atoms with Crippen molar-refractivity contribution in [1.29, 1.82) is 0 Å². The molecule has 21 heavy (non-hydrogen) atoms. The first-order valence-corrected chi connectivity index (χ1v) is 7.31. The molecule has 0 aliphatic carbocycles. The number of ether oxygens (including phenoxy) is 1. The minimum atomic E-state index is 0. The molecule has 0 radical (unpaired) electrons. The second-order valence-electron chi connectivity index (χ2n) is 5.13. The smallest absolute Gasteiger partial charge is 0.216 e. The number of aryl methyl sites for hydroxylation is 2. The van der Waals surface area contributed by atoms with Crippen molar-refractivity contribution >= 4 is 29.9 Å². The number of methoxy groups -OCH3 is 1. The number of aromatic nitrogens is 2. The second-order valence-corrected chi connectivity index (χ2v) is 5.13. The van der Waals surface area contributed by atoms with Gasteiger partial charge in [0.15, 0.2) is 5.96 Å². The maximum absolute atomic E-state index is 6.09. The molecule has 2 N–H and O–H groups in total. The normalized spacial score (nSPS) is 15.8. The molecule has 6 nitrogen and oxygen atoms in total. The van der Waals surface area contributed by atoms with E-state index in [0.29, 0.717) is 12.5 Å². The zero-order chi connectivity index (χ0) is 14.5. The fourth-order valence-electron chi connectivity index (χ4n) is 2.69. The van der Waals surface area contributed by atoms with Gasteiger partial charge in [0.05, 0.1) is 24.9 Å². The van der Waals surface area contributed by atoms with Crippen molar-refractivity contribution in [3.8, 4) is 5.88 Å². The Morgan fingerprint density at radius 1 is 1.33 bits per heavy atom. The van der Waals surface area contributed by atoms with Crippen molar-refractivity contribution in [3.05, 3.63) is 11.3 Å². The number of guanidine groups is 1. The molecule has 0 bridgehead atoms. The lowest BCUT2D eigenvalue weighted by Crippen LogP contribution is -2.40. The summed E-state index contributed by atoms with van der Waals surface area (Å²) in [4.78, 5) is 6.70. The predicted molar refractivity (Wildman–Crippen MR) is 95.3 cm³/mol. The zero-order valence-electron chi connectivity index (χ0n) is 13.1. The largest absolute Gasteiger partial charge is 0.481 e. The molecule has 7 heteroatoms. The molecule has 1 aromatic heterocycles. The van der Waals surface area contributed by atoms with Gasteiger partial charge in [0.25, 0.3) is 0 Å². The van der Waals surface area contributed by atoms with Crippen LogP contribution in [-0.4, -0.2) is 40.8 Å². The van der Waals surface area contributed by atoms with E-state index < -0.39 is 0 Å². The molecule has 1 aliphatic rings. The number of aliphatic imine (C=N–C) groups is 1. The maximum atomic E-state index is 6.09. The molecule has 1 aromatic rings. The van der Waals surface area contributed by atoms with E-state index in [0.717, 1.165) is 36.6 Å². The Hall–Kier alpha value is -0.990. The van der Waals surface area contributed by atoms with Gasteiger partial charge in [-0.25, -0.2) is 9.67 Å². The van der Waals surface area contributed by atoms with Crippen LogP contribution in [0.2, 0.25) is 0 Å². The fraction of sp³-hybridized carbons (Fsp3) is 0.714. The molecular formula is C14H26IN5O. The van der Waals surface area contributed by atoms with Gasteiger partial charge in [0.2, 0.25) is 5.88 Å². The fourth-order valence-corrected chi connectivity index (χ4v) is 2.69. The molecule has 0 saturated carbocycles. The van der Waals surface area contributed by atoms with Crippen LogP contribution >= 0.6 is 24.0 Å². The van der Waals surface area contributed by atoms with E-state index in [2.05, 4.69) is 21.9 Å². The average Bonchev–Trinajstić information content (AvgIpc) is 2.80. The SMILES string of the molecule is CCc1nn(C)c(OC)c1CN=C(N)N1CCCCC1.I. The summed E-state index contributed by atoms with van der Waals surface area (Å²) in [6, 6.07) is 0. The van der Waals surface area contributed by atoms with E-state index in [-0.39, 0.29) is 24.0 Å². The first-order valence-electron chi connectivity index (χ1n) is 7.31. The lowest BCUT2D eigenvalue weighted by atomic mass is 10.1. The van der Waals surface area contributed by atoms with Crippen LogP contribution in [-0.2, 0) is 20.0 Å². The summed E-state index contributed by atoms with van der Waals surface area (Å²) in [5.74, 6) is 1.41. The van der Waals surface area contributed by atoms with Gasteiger partial charge in [-0.1, -0.05) is 6.92 Å². The predicted octanol–water partition coefficient (Wildman–Crippen LogP) is 1.91. The van der Waals surface area contributed by atoms with Crippen LogP contribution in [0, 0.1) is 0 Å². The molecule has 0 unspecified atom stereocenters. The van der Waals surface area contributed by atoms with Gasteiger partial charge in [-0.15, -0.1) is 24.0 Å². The number of hydrogen-bond donors (Lipinski definition) is 1. The summed E-state index contributed by atoms with van der Waals surface area (Å²) in [5.41, 5.74) is 8.16.